The SMILES string of the molecule is OCc1ccc(Sc2ccccc2Cl)cc1C(F)(F)F. The second-order valence-electron chi connectivity index (χ2n) is 4.01. The number of halogens is 4. The van der Waals surface area contributed by atoms with Gasteiger partial charge in [-0.3, -0.25) is 0 Å². The van der Waals surface area contributed by atoms with Crippen molar-refractivity contribution in [2.75, 3.05) is 0 Å². The van der Waals surface area contributed by atoms with Crippen LogP contribution in [0.4, 0.5) is 13.2 Å². The number of alkyl halides is 3. The number of hydrogen-bond acceptors (Lipinski definition) is 2. The fourth-order valence-corrected chi connectivity index (χ4v) is 2.81. The predicted octanol–water partition coefficient (Wildman–Crippen LogP) is 5.00. The second-order valence-corrected chi connectivity index (χ2v) is 5.53. The third-order valence-electron chi connectivity index (χ3n) is 2.62. The monoisotopic (exact) mass is 318 g/mol. The maximum absolute atomic E-state index is 12.9. The molecule has 0 atom stereocenters. The summed E-state index contributed by atoms with van der Waals surface area (Å²) in [6, 6.07) is 10.8. The van der Waals surface area contributed by atoms with Crippen LogP contribution in [-0.4, -0.2) is 5.11 Å². The number of hydrogen-bond donors (Lipinski definition) is 1. The molecule has 0 bridgehead atoms. The molecule has 1 N–H and O–H groups in total. The predicted molar refractivity (Wildman–Crippen MR) is 72.9 cm³/mol. The highest BCUT2D eigenvalue weighted by molar-refractivity contribution is 7.99. The van der Waals surface area contributed by atoms with Gasteiger partial charge in [0.05, 0.1) is 17.2 Å². The summed E-state index contributed by atoms with van der Waals surface area (Å²) in [6.07, 6.45) is -4.49. The zero-order chi connectivity index (χ0) is 14.8. The van der Waals surface area contributed by atoms with E-state index in [0.717, 1.165) is 17.8 Å². The van der Waals surface area contributed by atoms with E-state index in [1.54, 1.807) is 24.3 Å². The quantitative estimate of drug-likeness (QED) is 0.859. The Balaban J connectivity index is 2.37. The summed E-state index contributed by atoms with van der Waals surface area (Å²) in [5, 5.41) is 9.46. The van der Waals surface area contributed by atoms with Crippen LogP contribution >= 0.6 is 23.4 Å². The minimum Gasteiger partial charge on any atom is -0.392 e. The van der Waals surface area contributed by atoms with E-state index < -0.39 is 18.3 Å². The van der Waals surface area contributed by atoms with Crippen molar-refractivity contribution >= 4 is 23.4 Å². The van der Waals surface area contributed by atoms with Crippen molar-refractivity contribution < 1.29 is 18.3 Å². The highest BCUT2D eigenvalue weighted by atomic mass is 35.5. The van der Waals surface area contributed by atoms with E-state index in [1.807, 2.05) is 0 Å². The zero-order valence-electron chi connectivity index (χ0n) is 10.1. The Morgan fingerprint density at radius 3 is 2.40 bits per heavy atom. The number of aliphatic hydroxyl groups excluding tert-OH is 1. The van der Waals surface area contributed by atoms with E-state index in [2.05, 4.69) is 0 Å². The van der Waals surface area contributed by atoms with Crippen LogP contribution in [-0.2, 0) is 12.8 Å². The molecule has 0 amide bonds. The summed E-state index contributed by atoms with van der Waals surface area (Å²) < 4.78 is 38.7. The van der Waals surface area contributed by atoms with Gasteiger partial charge in [0, 0.05) is 9.79 Å². The fourth-order valence-electron chi connectivity index (χ4n) is 1.68. The van der Waals surface area contributed by atoms with E-state index >= 15 is 0 Å². The topological polar surface area (TPSA) is 20.2 Å². The summed E-state index contributed by atoms with van der Waals surface area (Å²) in [5.41, 5.74) is -0.960. The molecule has 1 nitrogen and oxygen atoms in total. The lowest BCUT2D eigenvalue weighted by Gasteiger charge is -2.13. The summed E-state index contributed by atoms with van der Waals surface area (Å²) in [5.74, 6) is 0. The van der Waals surface area contributed by atoms with Gasteiger partial charge in [-0.25, -0.2) is 0 Å². The minimum atomic E-state index is -4.49. The van der Waals surface area contributed by atoms with Gasteiger partial charge in [-0.05, 0) is 29.8 Å². The van der Waals surface area contributed by atoms with Crippen molar-refractivity contribution in [1.29, 1.82) is 0 Å². The second kappa shape index (κ2) is 6.08. The van der Waals surface area contributed by atoms with Gasteiger partial charge in [-0.15, -0.1) is 0 Å². The van der Waals surface area contributed by atoms with Crippen molar-refractivity contribution in [2.24, 2.45) is 0 Å². The van der Waals surface area contributed by atoms with Gasteiger partial charge in [0.2, 0.25) is 0 Å². The Morgan fingerprint density at radius 2 is 1.80 bits per heavy atom. The zero-order valence-corrected chi connectivity index (χ0v) is 11.7. The van der Waals surface area contributed by atoms with E-state index in [4.69, 9.17) is 16.7 Å². The van der Waals surface area contributed by atoms with Crippen molar-refractivity contribution in [3.8, 4) is 0 Å². The summed E-state index contributed by atoms with van der Waals surface area (Å²) in [7, 11) is 0. The summed E-state index contributed by atoms with van der Waals surface area (Å²) >= 11 is 7.13. The Kier molecular flexibility index (Phi) is 4.62. The maximum Gasteiger partial charge on any atom is 0.416 e. The number of rotatable bonds is 3. The number of aliphatic hydroxyl groups is 1. The molecule has 20 heavy (non-hydrogen) atoms. The fraction of sp³-hybridized carbons (Fsp3) is 0.143. The van der Waals surface area contributed by atoms with Crippen LogP contribution in [0.3, 0.4) is 0 Å². The maximum atomic E-state index is 12.9. The Hall–Kier alpha value is -1.17. The van der Waals surface area contributed by atoms with E-state index in [1.165, 1.54) is 12.1 Å². The lowest BCUT2D eigenvalue weighted by Crippen LogP contribution is -2.09. The summed E-state index contributed by atoms with van der Waals surface area (Å²) in [6.45, 7) is -0.647. The molecule has 0 radical (unpaired) electrons. The molecule has 0 fully saturated rings. The molecular weight excluding hydrogens is 309 g/mol. The van der Waals surface area contributed by atoms with Crippen LogP contribution in [0.15, 0.2) is 52.3 Å². The van der Waals surface area contributed by atoms with E-state index in [0.29, 0.717) is 14.8 Å². The van der Waals surface area contributed by atoms with Crippen molar-refractivity contribution in [2.45, 2.75) is 22.6 Å². The first-order valence-corrected chi connectivity index (χ1v) is 6.84. The standard InChI is InChI=1S/C14H10ClF3OS/c15-12-3-1-2-4-13(12)20-10-6-5-9(8-19)11(7-10)14(16,17)18/h1-7,19H,8H2. The molecule has 0 heterocycles. The Morgan fingerprint density at radius 1 is 1.10 bits per heavy atom. The van der Waals surface area contributed by atoms with Gasteiger partial charge in [0.15, 0.2) is 0 Å². The highest BCUT2D eigenvalue weighted by Gasteiger charge is 2.33. The molecular formula is C14H10ClF3OS. The number of benzene rings is 2. The average Bonchev–Trinajstić information content (AvgIpc) is 2.40. The molecule has 0 saturated heterocycles. The highest BCUT2D eigenvalue weighted by Crippen LogP contribution is 2.38. The molecule has 0 saturated carbocycles. The summed E-state index contributed by atoms with van der Waals surface area (Å²) in [4.78, 5) is 1.10. The van der Waals surface area contributed by atoms with Gasteiger partial charge in [0.1, 0.15) is 0 Å². The van der Waals surface area contributed by atoms with E-state index in [-0.39, 0.29) is 5.56 Å². The van der Waals surface area contributed by atoms with Gasteiger partial charge >= 0.3 is 6.18 Å². The Labute approximate surface area is 123 Å². The molecule has 2 aromatic rings. The molecule has 2 aromatic carbocycles. The molecule has 0 unspecified atom stereocenters. The van der Waals surface area contributed by atoms with Crippen LogP contribution in [0.2, 0.25) is 5.02 Å². The third-order valence-corrected chi connectivity index (χ3v) is 4.13. The molecule has 0 aliphatic rings. The van der Waals surface area contributed by atoms with Crippen molar-refractivity contribution in [3.63, 3.8) is 0 Å². The first kappa shape index (κ1) is 15.2. The Bertz CT molecular complexity index is 614. The lowest BCUT2D eigenvalue weighted by atomic mass is 10.1. The van der Waals surface area contributed by atoms with Crippen LogP contribution < -0.4 is 0 Å². The van der Waals surface area contributed by atoms with Gasteiger partial charge in [0.25, 0.3) is 0 Å². The molecule has 0 aliphatic carbocycles. The van der Waals surface area contributed by atoms with Crippen LogP contribution in [0, 0.1) is 0 Å². The van der Waals surface area contributed by atoms with Crippen LogP contribution in [0.1, 0.15) is 11.1 Å². The van der Waals surface area contributed by atoms with E-state index in [9.17, 15) is 13.2 Å². The lowest BCUT2D eigenvalue weighted by molar-refractivity contribution is -0.138. The molecule has 0 aromatic heterocycles. The van der Waals surface area contributed by atoms with Gasteiger partial charge in [-0.2, -0.15) is 13.2 Å². The third kappa shape index (κ3) is 3.48. The van der Waals surface area contributed by atoms with Crippen molar-refractivity contribution in [1.82, 2.24) is 0 Å². The van der Waals surface area contributed by atoms with Crippen molar-refractivity contribution in [3.05, 3.63) is 58.6 Å². The molecule has 0 spiro atoms. The average molecular weight is 319 g/mol. The molecule has 6 heteroatoms. The normalized spacial score (nSPS) is 11.7. The molecule has 0 aliphatic heterocycles. The first-order chi connectivity index (χ1) is 9.41. The molecule has 2 rings (SSSR count). The minimum absolute atomic E-state index is 0.138. The van der Waals surface area contributed by atoms with Gasteiger partial charge in [-0.1, -0.05) is 41.6 Å². The smallest absolute Gasteiger partial charge is 0.392 e. The molecule has 106 valence electrons. The first-order valence-electron chi connectivity index (χ1n) is 5.65. The van der Waals surface area contributed by atoms with Gasteiger partial charge < -0.3 is 5.11 Å². The van der Waals surface area contributed by atoms with Crippen LogP contribution in [0.5, 0.6) is 0 Å². The largest absolute Gasteiger partial charge is 0.416 e. The van der Waals surface area contributed by atoms with Crippen LogP contribution in [0.25, 0.3) is 0 Å².